The molecular formula is C15H25NO3. The number of amides is 1. The Morgan fingerprint density at radius 1 is 1.47 bits per heavy atom. The summed E-state index contributed by atoms with van der Waals surface area (Å²) in [5.41, 5.74) is -0.476. The number of nitrogens with zero attached hydrogens (tertiary/aromatic N) is 1. The summed E-state index contributed by atoms with van der Waals surface area (Å²) in [6, 6.07) is 0. The highest BCUT2D eigenvalue weighted by atomic mass is 16.6. The van der Waals surface area contributed by atoms with Gasteiger partial charge in [0.15, 0.2) is 0 Å². The minimum Gasteiger partial charge on any atom is -0.444 e. The first-order chi connectivity index (χ1) is 8.83. The molecular weight excluding hydrogens is 242 g/mol. The average molecular weight is 267 g/mol. The first-order valence-electron chi connectivity index (χ1n) is 6.89. The Hall–Kier alpha value is -1.21. The van der Waals surface area contributed by atoms with Crippen molar-refractivity contribution < 1.29 is 14.6 Å². The SMILES string of the molecule is CC#CCCC1CN(C(=O)OC(C)(C)C)CCC1O. The van der Waals surface area contributed by atoms with Crippen LogP contribution in [0.3, 0.4) is 0 Å². The zero-order valence-corrected chi connectivity index (χ0v) is 12.4. The van der Waals surface area contributed by atoms with Crippen molar-refractivity contribution in [3.63, 3.8) is 0 Å². The number of hydrogen-bond donors (Lipinski definition) is 1. The van der Waals surface area contributed by atoms with E-state index in [1.807, 2.05) is 27.7 Å². The Balaban J connectivity index is 2.52. The molecule has 2 atom stereocenters. The van der Waals surface area contributed by atoms with Gasteiger partial charge in [-0.05, 0) is 40.5 Å². The van der Waals surface area contributed by atoms with E-state index in [0.717, 1.165) is 12.8 Å². The largest absolute Gasteiger partial charge is 0.444 e. The molecule has 4 heteroatoms. The zero-order chi connectivity index (χ0) is 14.5. The van der Waals surface area contributed by atoms with Crippen molar-refractivity contribution in [2.24, 2.45) is 5.92 Å². The van der Waals surface area contributed by atoms with Crippen LogP contribution in [-0.4, -0.2) is 40.9 Å². The molecule has 4 nitrogen and oxygen atoms in total. The lowest BCUT2D eigenvalue weighted by atomic mass is 9.91. The number of hydrogen-bond acceptors (Lipinski definition) is 3. The molecule has 0 saturated carbocycles. The average Bonchev–Trinajstić information content (AvgIpc) is 2.29. The van der Waals surface area contributed by atoms with Crippen LogP contribution < -0.4 is 0 Å². The van der Waals surface area contributed by atoms with E-state index in [1.165, 1.54) is 0 Å². The van der Waals surface area contributed by atoms with Crippen LogP contribution in [0.15, 0.2) is 0 Å². The third-order valence-electron chi connectivity index (χ3n) is 3.16. The first-order valence-corrected chi connectivity index (χ1v) is 6.89. The van der Waals surface area contributed by atoms with Gasteiger partial charge >= 0.3 is 6.09 Å². The van der Waals surface area contributed by atoms with Gasteiger partial charge in [-0.3, -0.25) is 0 Å². The van der Waals surface area contributed by atoms with Crippen molar-refractivity contribution in [3.8, 4) is 11.8 Å². The van der Waals surface area contributed by atoms with Crippen molar-refractivity contribution >= 4 is 6.09 Å². The number of rotatable bonds is 2. The molecule has 108 valence electrons. The summed E-state index contributed by atoms with van der Waals surface area (Å²) in [6.45, 7) is 8.51. The molecule has 19 heavy (non-hydrogen) atoms. The van der Waals surface area contributed by atoms with E-state index in [4.69, 9.17) is 4.74 Å². The number of carbonyl (C=O) groups excluding carboxylic acids is 1. The normalized spacial score (nSPS) is 23.5. The van der Waals surface area contributed by atoms with Crippen molar-refractivity contribution in [3.05, 3.63) is 0 Å². The van der Waals surface area contributed by atoms with Gasteiger partial charge in [-0.15, -0.1) is 11.8 Å². The number of carbonyl (C=O) groups is 1. The van der Waals surface area contributed by atoms with Gasteiger partial charge in [0.2, 0.25) is 0 Å². The van der Waals surface area contributed by atoms with E-state index >= 15 is 0 Å². The van der Waals surface area contributed by atoms with E-state index in [-0.39, 0.29) is 18.1 Å². The summed E-state index contributed by atoms with van der Waals surface area (Å²) in [4.78, 5) is 13.7. The van der Waals surface area contributed by atoms with Gasteiger partial charge in [-0.1, -0.05) is 0 Å². The smallest absolute Gasteiger partial charge is 0.410 e. The fourth-order valence-corrected chi connectivity index (χ4v) is 2.18. The van der Waals surface area contributed by atoms with Gasteiger partial charge in [0.05, 0.1) is 6.10 Å². The summed E-state index contributed by atoms with van der Waals surface area (Å²) in [5, 5.41) is 9.97. The van der Waals surface area contributed by atoms with Crippen LogP contribution in [0.2, 0.25) is 0 Å². The minimum atomic E-state index is -0.476. The molecule has 0 aliphatic carbocycles. The summed E-state index contributed by atoms with van der Waals surface area (Å²) in [5.74, 6) is 5.95. The molecule has 1 aliphatic rings. The van der Waals surface area contributed by atoms with Crippen LogP contribution in [0, 0.1) is 17.8 Å². The molecule has 1 amide bonds. The molecule has 1 heterocycles. The minimum absolute atomic E-state index is 0.0992. The Labute approximate surface area is 116 Å². The summed E-state index contributed by atoms with van der Waals surface area (Å²) < 4.78 is 5.36. The highest BCUT2D eigenvalue weighted by Crippen LogP contribution is 2.23. The second-order valence-electron chi connectivity index (χ2n) is 6.01. The molecule has 0 aromatic carbocycles. The number of piperidine rings is 1. The van der Waals surface area contributed by atoms with E-state index < -0.39 is 5.60 Å². The standard InChI is InChI=1S/C15H25NO3/c1-5-6-7-8-12-11-16(10-9-13(12)17)14(18)19-15(2,3)4/h12-13,17H,7-11H2,1-4H3. The maximum atomic E-state index is 12.0. The Morgan fingerprint density at radius 3 is 2.74 bits per heavy atom. The van der Waals surface area contributed by atoms with Crippen molar-refractivity contribution in [2.45, 2.75) is 58.7 Å². The summed E-state index contributed by atoms with van der Waals surface area (Å²) >= 11 is 0. The van der Waals surface area contributed by atoms with E-state index in [9.17, 15) is 9.90 Å². The first kappa shape index (κ1) is 15.8. The third kappa shape index (κ3) is 5.52. The lowest BCUT2D eigenvalue weighted by molar-refractivity contribution is -0.00962. The molecule has 0 aromatic rings. The van der Waals surface area contributed by atoms with Crippen molar-refractivity contribution in [1.82, 2.24) is 4.90 Å². The van der Waals surface area contributed by atoms with Gasteiger partial charge in [-0.2, -0.15) is 0 Å². The monoisotopic (exact) mass is 267 g/mol. The highest BCUT2D eigenvalue weighted by molar-refractivity contribution is 5.68. The molecule has 1 N–H and O–H groups in total. The van der Waals surface area contributed by atoms with Crippen LogP contribution in [0.1, 0.15) is 47.0 Å². The number of aliphatic hydroxyl groups is 1. The summed E-state index contributed by atoms with van der Waals surface area (Å²) in [7, 11) is 0. The van der Waals surface area contributed by atoms with Crippen molar-refractivity contribution in [2.75, 3.05) is 13.1 Å². The fraction of sp³-hybridized carbons (Fsp3) is 0.800. The fourth-order valence-electron chi connectivity index (χ4n) is 2.18. The quantitative estimate of drug-likeness (QED) is 0.782. The molecule has 0 spiro atoms. The molecule has 1 fully saturated rings. The van der Waals surface area contributed by atoms with Gasteiger partial charge in [0, 0.05) is 25.4 Å². The maximum Gasteiger partial charge on any atom is 0.410 e. The third-order valence-corrected chi connectivity index (χ3v) is 3.16. The van der Waals surface area contributed by atoms with Crippen LogP contribution in [0.25, 0.3) is 0 Å². The Morgan fingerprint density at radius 2 is 2.16 bits per heavy atom. The Bertz CT molecular complexity index is 362. The topological polar surface area (TPSA) is 49.8 Å². The highest BCUT2D eigenvalue weighted by Gasteiger charge is 2.31. The summed E-state index contributed by atoms with van der Waals surface area (Å²) in [6.07, 6.45) is 1.58. The molecule has 1 aliphatic heterocycles. The number of aliphatic hydroxyl groups excluding tert-OH is 1. The Kier molecular flexibility index (Phi) is 5.68. The van der Waals surface area contributed by atoms with E-state index in [1.54, 1.807) is 4.90 Å². The second-order valence-corrected chi connectivity index (χ2v) is 6.01. The van der Waals surface area contributed by atoms with Gasteiger partial charge in [-0.25, -0.2) is 4.79 Å². The predicted molar refractivity (Wildman–Crippen MR) is 74.6 cm³/mol. The molecule has 0 radical (unpaired) electrons. The van der Waals surface area contributed by atoms with Crippen LogP contribution in [0.4, 0.5) is 4.79 Å². The molecule has 0 bridgehead atoms. The van der Waals surface area contributed by atoms with E-state index in [0.29, 0.717) is 19.5 Å². The maximum absolute atomic E-state index is 12.0. The molecule has 0 aromatic heterocycles. The lowest BCUT2D eigenvalue weighted by Crippen LogP contribution is -2.47. The van der Waals surface area contributed by atoms with Gasteiger partial charge in [0.1, 0.15) is 5.60 Å². The van der Waals surface area contributed by atoms with Crippen LogP contribution in [0.5, 0.6) is 0 Å². The van der Waals surface area contributed by atoms with Gasteiger partial charge in [0.25, 0.3) is 0 Å². The van der Waals surface area contributed by atoms with Crippen LogP contribution in [-0.2, 0) is 4.74 Å². The molecule has 1 rings (SSSR count). The van der Waals surface area contributed by atoms with E-state index in [2.05, 4.69) is 11.8 Å². The number of ether oxygens (including phenoxy) is 1. The molecule has 1 saturated heterocycles. The molecule has 2 unspecified atom stereocenters. The second kappa shape index (κ2) is 6.81. The van der Waals surface area contributed by atoms with Gasteiger partial charge < -0.3 is 14.7 Å². The zero-order valence-electron chi connectivity index (χ0n) is 12.4. The van der Waals surface area contributed by atoms with Crippen molar-refractivity contribution in [1.29, 1.82) is 0 Å². The predicted octanol–water partition coefficient (Wildman–Crippen LogP) is 2.41. The lowest BCUT2D eigenvalue weighted by Gasteiger charge is -2.36. The number of likely N-dealkylation sites (tertiary alicyclic amines) is 1. The van der Waals surface area contributed by atoms with Crippen LogP contribution >= 0.6 is 0 Å².